The lowest BCUT2D eigenvalue weighted by Gasteiger charge is -2.08. The Hall–Kier alpha value is -1.28. The van der Waals surface area contributed by atoms with Crippen molar-refractivity contribution in [1.29, 1.82) is 0 Å². The van der Waals surface area contributed by atoms with Crippen molar-refractivity contribution in [1.82, 2.24) is 0 Å². The second-order valence-electron chi connectivity index (χ2n) is 2.69. The van der Waals surface area contributed by atoms with Crippen molar-refractivity contribution in [2.75, 3.05) is 7.11 Å². The summed E-state index contributed by atoms with van der Waals surface area (Å²) in [5.41, 5.74) is 1.84. The lowest BCUT2D eigenvalue weighted by molar-refractivity contribution is 0.273. The fourth-order valence-corrected chi connectivity index (χ4v) is 1.28. The van der Waals surface area contributed by atoms with Crippen LogP contribution in [0.1, 0.15) is 18.1 Å². The molecule has 1 N–H and O–H groups in total. The van der Waals surface area contributed by atoms with E-state index in [0.717, 1.165) is 16.9 Å². The van der Waals surface area contributed by atoms with Crippen LogP contribution >= 0.6 is 0 Å². The molecular weight excluding hydrogens is 164 g/mol. The maximum absolute atomic E-state index is 9.14. The highest BCUT2D eigenvalue weighted by atomic mass is 16.5. The summed E-state index contributed by atoms with van der Waals surface area (Å²) in [7, 11) is 1.61. The standard InChI is InChI=1S/C11H14O2/c1-3-5-9-6-4-7-11(13-2)10(9)8-12/h3-7,12H,8H2,1-2H3/b5-3+. The smallest absolute Gasteiger partial charge is 0.124 e. The third kappa shape index (κ3) is 2.10. The molecule has 0 heterocycles. The van der Waals surface area contributed by atoms with E-state index in [2.05, 4.69) is 0 Å². The van der Waals surface area contributed by atoms with Gasteiger partial charge in [-0.2, -0.15) is 0 Å². The van der Waals surface area contributed by atoms with Crippen molar-refractivity contribution in [3.63, 3.8) is 0 Å². The number of methoxy groups -OCH3 is 1. The first-order valence-corrected chi connectivity index (χ1v) is 4.23. The van der Waals surface area contributed by atoms with E-state index in [9.17, 15) is 0 Å². The zero-order valence-corrected chi connectivity index (χ0v) is 7.95. The van der Waals surface area contributed by atoms with Gasteiger partial charge in [0.1, 0.15) is 5.75 Å². The van der Waals surface area contributed by atoms with Gasteiger partial charge in [-0.25, -0.2) is 0 Å². The van der Waals surface area contributed by atoms with Crippen LogP contribution in [-0.2, 0) is 6.61 Å². The van der Waals surface area contributed by atoms with Gasteiger partial charge in [0, 0.05) is 5.56 Å². The minimum atomic E-state index is 0.00366. The van der Waals surface area contributed by atoms with Gasteiger partial charge < -0.3 is 9.84 Å². The van der Waals surface area contributed by atoms with Crippen LogP contribution in [-0.4, -0.2) is 12.2 Å². The molecule has 0 aliphatic carbocycles. The van der Waals surface area contributed by atoms with Gasteiger partial charge in [-0.15, -0.1) is 0 Å². The molecular formula is C11H14O2. The summed E-state index contributed by atoms with van der Waals surface area (Å²) in [4.78, 5) is 0. The van der Waals surface area contributed by atoms with E-state index < -0.39 is 0 Å². The van der Waals surface area contributed by atoms with Crippen LogP contribution in [0, 0.1) is 0 Å². The summed E-state index contributed by atoms with van der Waals surface area (Å²) < 4.78 is 5.13. The molecule has 0 saturated carbocycles. The first-order chi connectivity index (χ1) is 6.33. The topological polar surface area (TPSA) is 29.5 Å². The maximum atomic E-state index is 9.14. The van der Waals surface area contributed by atoms with Crippen LogP contribution in [0.5, 0.6) is 5.75 Å². The van der Waals surface area contributed by atoms with Crippen LogP contribution < -0.4 is 4.74 Å². The largest absolute Gasteiger partial charge is 0.496 e. The Morgan fingerprint density at radius 1 is 1.46 bits per heavy atom. The molecule has 2 heteroatoms. The Morgan fingerprint density at radius 3 is 2.77 bits per heavy atom. The van der Waals surface area contributed by atoms with E-state index >= 15 is 0 Å². The summed E-state index contributed by atoms with van der Waals surface area (Å²) in [5, 5.41) is 9.14. The Morgan fingerprint density at radius 2 is 2.23 bits per heavy atom. The fourth-order valence-electron chi connectivity index (χ4n) is 1.28. The highest BCUT2D eigenvalue weighted by molar-refractivity contribution is 5.57. The molecule has 0 amide bonds. The molecule has 13 heavy (non-hydrogen) atoms. The normalized spacial score (nSPS) is 10.7. The number of benzene rings is 1. The molecule has 0 saturated heterocycles. The summed E-state index contributed by atoms with van der Waals surface area (Å²) >= 11 is 0. The van der Waals surface area contributed by atoms with Crippen LogP contribution in [0.15, 0.2) is 24.3 Å². The van der Waals surface area contributed by atoms with Crippen molar-refractivity contribution >= 4 is 6.08 Å². The lowest BCUT2D eigenvalue weighted by Crippen LogP contribution is -1.94. The fraction of sp³-hybridized carbons (Fsp3) is 0.273. The van der Waals surface area contributed by atoms with E-state index in [1.54, 1.807) is 7.11 Å². The number of aliphatic hydroxyl groups excluding tert-OH is 1. The van der Waals surface area contributed by atoms with E-state index in [1.807, 2.05) is 37.3 Å². The van der Waals surface area contributed by atoms with Gasteiger partial charge in [-0.3, -0.25) is 0 Å². The van der Waals surface area contributed by atoms with Crippen LogP contribution in [0.4, 0.5) is 0 Å². The average Bonchev–Trinajstić information content (AvgIpc) is 2.18. The third-order valence-corrected chi connectivity index (χ3v) is 1.89. The van der Waals surface area contributed by atoms with E-state index in [4.69, 9.17) is 9.84 Å². The molecule has 0 radical (unpaired) electrons. The molecule has 0 atom stereocenters. The quantitative estimate of drug-likeness (QED) is 0.769. The second kappa shape index (κ2) is 4.67. The van der Waals surface area contributed by atoms with Gasteiger partial charge in [-0.1, -0.05) is 24.3 Å². The summed E-state index contributed by atoms with van der Waals surface area (Å²) in [5.74, 6) is 0.734. The molecule has 0 fully saturated rings. The predicted molar refractivity (Wildman–Crippen MR) is 53.6 cm³/mol. The minimum Gasteiger partial charge on any atom is -0.496 e. The number of ether oxygens (including phenoxy) is 1. The SMILES string of the molecule is C/C=C/c1cccc(OC)c1CO. The van der Waals surface area contributed by atoms with Crippen molar-refractivity contribution in [2.24, 2.45) is 0 Å². The summed E-state index contributed by atoms with van der Waals surface area (Å²) in [6, 6.07) is 5.71. The van der Waals surface area contributed by atoms with E-state index in [-0.39, 0.29) is 6.61 Å². The third-order valence-electron chi connectivity index (χ3n) is 1.89. The second-order valence-corrected chi connectivity index (χ2v) is 2.69. The Kier molecular flexibility index (Phi) is 3.53. The predicted octanol–water partition coefficient (Wildman–Crippen LogP) is 2.22. The number of allylic oxidation sites excluding steroid dienone is 1. The molecule has 0 aliphatic heterocycles. The van der Waals surface area contributed by atoms with Gasteiger partial charge in [0.2, 0.25) is 0 Å². The molecule has 1 aromatic rings. The number of aliphatic hydroxyl groups is 1. The van der Waals surface area contributed by atoms with Gasteiger partial charge in [0.25, 0.3) is 0 Å². The first kappa shape index (κ1) is 9.81. The molecule has 0 bridgehead atoms. The number of hydrogen-bond acceptors (Lipinski definition) is 2. The number of hydrogen-bond donors (Lipinski definition) is 1. The molecule has 70 valence electrons. The molecule has 0 aliphatic rings. The zero-order valence-electron chi connectivity index (χ0n) is 7.95. The summed E-state index contributed by atoms with van der Waals surface area (Å²) in [6.45, 7) is 1.95. The van der Waals surface area contributed by atoms with Gasteiger partial charge in [0.15, 0.2) is 0 Å². The van der Waals surface area contributed by atoms with Crippen molar-refractivity contribution in [3.8, 4) is 5.75 Å². The molecule has 1 aromatic carbocycles. The Labute approximate surface area is 78.5 Å². The summed E-state index contributed by atoms with van der Waals surface area (Å²) in [6.07, 6.45) is 3.89. The molecule has 0 aromatic heterocycles. The van der Waals surface area contributed by atoms with E-state index in [0.29, 0.717) is 0 Å². The van der Waals surface area contributed by atoms with Crippen LogP contribution in [0.25, 0.3) is 6.08 Å². The maximum Gasteiger partial charge on any atom is 0.124 e. The van der Waals surface area contributed by atoms with Gasteiger partial charge in [-0.05, 0) is 18.6 Å². The van der Waals surface area contributed by atoms with Crippen LogP contribution in [0.3, 0.4) is 0 Å². The Balaban J connectivity index is 3.18. The first-order valence-electron chi connectivity index (χ1n) is 4.23. The highest BCUT2D eigenvalue weighted by Gasteiger charge is 2.04. The lowest BCUT2D eigenvalue weighted by atomic mass is 10.1. The minimum absolute atomic E-state index is 0.00366. The van der Waals surface area contributed by atoms with E-state index in [1.165, 1.54) is 0 Å². The van der Waals surface area contributed by atoms with Gasteiger partial charge >= 0.3 is 0 Å². The average molecular weight is 178 g/mol. The highest BCUT2D eigenvalue weighted by Crippen LogP contribution is 2.22. The van der Waals surface area contributed by atoms with Crippen LogP contribution in [0.2, 0.25) is 0 Å². The van der Waals surface area contributed by atoms with Crippen molar-refractivity contribution < 1.29 is 9.84 Å². The van der Waals surface area contributed by atoms with Gasteiger partial charge in [0.05, 0.1) is 13.7 Å². The molecule has 2 nitrogen and oxygen atoms in total. The van der Waals surface area contributed by atoms with Crippen molar-refractivity contribution in [2.45, 2.75) is 13.5 Å². The Bertz CT molecular complexity index is 303. The monoisotopic (exact) mass is 178 g/mol. The zero-order chi connectivity index (χ0) is 9.68. The van der Waals surface area contributed by atoms with Crippen molar-refractivity contribution in [3.05, 3.63) is 35.4 Å². The molecule has 0 spiro atoms. The molecule has 0 unspecified atom stereocenters. The number of rotatable bonds is 3. The molecule has 1 rings (SSSR count).